The van der Waals surface area contributed by atoms with Gasteiger partial charge in [-0.15, -0.1) is 0 Å². The summed E-state index contributed by atoms with van der Waals surface area (Å²) in [6.45, 7) is 8.80. The fraction of sp³-hybridized carbons (Fsp3) is 0.611. The summed E-state index contributed by atoms with van der Waals surface area (Å²) < 4.78 is 25.3. The predicted octanol–water partition coefficient (Wildman–Crippen LogP) is 3.21. The van der Waals surface area contributed by atoms with Crippen molar-refractivity contribution in [3.8, 4) is 0 Å². The lowest BCUT2D eigenvalue weighted by Gasteiger charge is -2.32. The molecule has 0 atom stereocenters. The summed E-state index contributed by atoms with van der Waals surface area (Å²) in [6.07, 6.45) is -0.0184. The Balaban J connectivity index is 1.77. The van der Waals surface area contributed by atoms with E-state index in [1.165, 1.54) is 0 Å². The molecule has 136 valence electrons. The van der Waals surface area contributed by atoms with Gasteiger partial charge in [-0.1, -0.05) is 17.7 Å². The Kier molecular flexibility index (Phi) is 4.90. The van der Waals surface area contributed by atoms with E-state index in [4.69, 9.17) is 20.9 Å². The largest absolute Gasteiger partial charge is 0.496 e. The van der Waals surface area contributed by atoms with Gasteiger partial charge >= 0.3 is 7.12 Å². The molecule has 0 saturated carbocycles. The van der Waals surface area contributed by atoms with Gasteiger partial charge in [0, 0.05) is 29.1 Å². The van der Waals surface area contributed by atoms with Crippen LogP contribution in [0, 0.1) is 0 Å². The first-order chi connectivity index (χ1) is 11.6. The fourth-order valence-corrected chi connectivity index (χ4v) is 3.32. The van der Waals surface area contributed by atoms with E-state index in [9.17, 15) is 9.18 Å². The molecule has 7 heteroatoms. The monoisotopic (exact) mass is 367 g/mol. The average Bonchev–Trinajstić information content (AvgIpc) is 2.75. The van der Waals surface area contributed by atoms with Crippen molar-refractivity contribution in [3.63, 3.8) is 0 Å². The van der Waals surface area contributed by atoms with Gasteiger partial charge in [0.1, 0.15) is 6.17 Å². The molecule has 4 nitrogen and oxygen atoms in total. The second-order valence-electron chi connectivity index (χ2n) is 7.79. The van der Waals surface area contributed by atoms with Gasteiger partial charge in [-0.25, -0.2) is 4.39 Å². The second-order valence-corrected chi connectivity index (χ2v) is 8.20. The summed E-state index contributed by atoms with van der Waals surface area (Å²) in [4.78, 5) is 14.3. The predicted molar refractivity (Wildman–Crippen MR) is 97.2 cm³/mol. The zero-order chi connectivity index (χ0) is 18.4. The Morgan fingerprint density at radius 2 is 1.76 bits per heavy atom. The normalized spacial score (nSPS) is 23.1. The van der Waals surface area contributed by atoms with Crippen LogP contribution in [0.4, 0.5) is 4.39 Å². The molecule has 25 heavy (non-hydrogen) atoms. The highest BCUT2D eigenvalue weighted by Crippen LogP contribution is 2.37. The summed E-state index contributed by atoms with van der Waals surface area (Å²) in [6, 6.07) is 5.15. The molecule has 1 amide bonds. The third-order valence-corrected chi connectivity index (χ3v) is 5.79. The molecule has 0 N–H and O–H groups in total. The van der Waals surface area contributed by atoms with E-state index in [2.05, 4.69) is 0 Å². The third kappa shape index (κ3) is 3.57. The van der Waals surface area contributed by atoms with Crippen LogP contribution >= 0.6 is 11.6 Å². The molecule has 0 bridgehead atoms. The van der Waals surface area contributed by atoms with Crippen LogP contribution in [0.1, 0.15) is 50.9 Å². The molecular weight excluding hydrogens is 343 g/mol. The molecule has 0 spiro atoms. The van der Waals surface area contributed by atoms with Crippen molar-refractivity contribution < 1.29 is 18.5 Å². The number of piperidine rings is 1. The third-order valence-electron chi connectivity index (χ3n) is 5.47. The highest BCUT2D eigenvalue weighted by molar-refractivity contribution is 6.65. The molecule has 0 aliphatic carbocycles. The van der Waals surface area contributed by atoms with Crippen LogP contribution in [-0.4, -0.2) is 48.4 Å². The molecule has 2 saturated heterocycles. The molecule has 0 unspecified atom stereocenters. The van der Waals surface area contributed by atoms with Gasteiger partial charge in [-0.05, 0) is 52.7 Å². The van der Waals surface area contributed by atoms with Crippen molar-refractivity contribution in [2.24, 2.45) is 0 Å². The van der Waals surface area contributed by atoms with Crippen LogP contribution in [0.3, 0.4) is 0 Å². The van der Waals surface area contributed by atoms with Gasteiger partial charge < -0.3 is 14.2 Å². The molecule has 0 aromatic heterocycles. The van der Waals surface area contributed by atoms with Crippen LogP contribution in [0.15, 0.2) is 18.2 Å². The molecule has 2 aliphatic heterocycles. The van der Waals surface area contributed by atoms with Crippen LogP contribution in [0.5, 0.6) is 0 Å². The molecule has 1 aromatic carbocycles. The van der Waals surface area contributed by atoms with E-state index in [1.807, 2.05) is 27.7 Å². The molecular formula is C18H24BClFNO3. The highest BCUT2D eigenvalue weighted by atomic mass is 35.5. The summed E-state index contributed by atoms with van der Waals surface area (Å²) in [5, 5.41) is 0.435. The zero-order valence-corrected chi connectivity index (χ0v) is 15.9. The maximum absolute atomic E-state index is 13.3. The summed E-state index contributed by atoms with van der Waals surface area (Å²) in [5.74, 6) is -0.116. The van der Waals surface area contributed by atoms with Crippen molar-refractivity contribution in [3.05, 3.63) is 28.8 Å². The van der Waals surface area contributed by atoms with Crippen LogP contribution < -0.4 is 5.46 Å². The Labute approximate surface area is 153 Å². The van der Waals surface area contributed by atoms with Gasteiger partial charge in [0.05, 0.1) is 11.2 Å². The lowest BCUT2D eigenvalue weighted by atomic mass is 9.78. The molecule has 1 aromatic rings. The van der Waals surface area contributed by atoms with E-state index in [1.54, 1.807) is 23.1 Å². The van der Waals surface area contributed by atoms with Crippen molar-refractivity contribution in [2.45, 2.75) is 57.9 Å². The summed E-state index contributed by atoms with van der Waals surface area (Å²) in [5.41, 5.74) is 0.306. The molecule has 3 rings (SSSR count). The number of hydrogen-bond acceptors (Lipinski definition) is 3. The average molecular weight is 368 g/mol. The minimum absolute atomic E-state index is 0.116. The highest BCUT2D eigenvalue weighted by Gasteiger charge is 2.52. The summed E-state index contributed by atoms with van der Waals surface area (Å²) >= 11 is 6.41. The number of benzene rings is 1. The Morgan fingerprint density at radius 1 is 1.20 bits per heavy atom. The fourth-order valence-electron chi connectivity index (χ4n) is 3.05. The number of rotatable bonds is 2. The van der Waals surface area contributed by atoms with Gasteiger partial charge in [-0.3, -0.25) is 4.79 Å². The number of likely N-dealkylation sites (tertiary alicyclic amines) is 1. The maximum Gasteiger partial charge on any atom is 0.496 e. The first-order valence-corrected chi connectivity index (χ1v) is 9.07. The first kappa shape index (κ1) is 18.7. The first-order valence-electron chi connectivity index (χ1n) is 8.69. The quantitative estimate of drug-likeness (QED) is 0.754. The van der Waals surface area contributed by atoms with Gasteiger partial charge in [-0.2, -0.15) is 0 Å². The lowest BCUT2D eigenvalue weighted by molar-refractivity contribution is 0.00578. The number of halogens is 2. The van der Waals surface area contributed by atoms with E-state index >= 15 is 0 Å². The van der Waals surface area contributed by atoms with Crippen LogP contribution in [0.2, 0.25) is 5.02 Å². The van der Waals surface area contributed by atoms with Crippen molar-refractivity contribution in [1.82, 2.24) is 4.90 Å². The molecule has 2 aliphatic rings. The van der Waals surface area contributed by atoms with E-state index in [-0.39, 0.29) is 5.91 Å². The van der Waals surface area contributed by atoms with Gasteiger partial charge in [0.2, 0.25) is 0 Å². The number of alkyl halides is 1. The van der Waals surface area contributed by atoms with Crippen molar-refractivity contribution in [2.75, 3.05) is 13.1 Å². The smallest absolute Gasteiger partial charge is 0.399 e. The number of carbonyl (C=O) groups excluding carboxylic acids is 1. The Morgan fingerprint density at radius 3 is 2.28 bits per heavy atom. The van der Waals surface area contributed by atoms with Crippen LogP contribution in [-0.2, 0) is 9.31 Å². The SMILES string of the molecule is CC1(C)OB(c2ccc(C(=O)N3CCC(F)CC3)cc2Cl)OC1(C)C. The Hall–Kier alpha value is -1.11. The summed E-state index contributed by atoms with van der Waals surface area (Å²) in [7, 11) is -0.566. The van der Waals surface area contributed by atoms with E-state index in [0.29, 0.717) is 42.0 Å². The molecule has 0 radical (unpaired) electrons. The van der Waals surface area contributed by atoms with E-state index < -0.39 is 24.5 Å². The minimum Gasteiger partial charge on any atom is -0.399 e. The maximum atomic E-state index is 13.3. The minimum atomic E-state index is -0.807. The molecule has 2 heterocycles. The topological polar surface area (TPSA) is 38.8 Å². The Bertz CT molecular complexity index is 658. The van der Waals surface area contributed by atoms with Crippen molar-refractivity contribution >= 4 is 30.1 Å². The van der Waals surface area contributed by atoms with E-state index in [0.717, 1.165) is 0 Å². The van der Waals surface area contributed by atoms with Gasteiger partial charge in [0.25, 0.3) is 5.91 Å². The standard InChI is InChI=1S/C18H24BClFNO3/c1-17(2)18(3,4)25-19(24-17)14-6-5-12(11-15(14)20)16(23)22-9-7-13(21)8-10-22/h5-6,11,13H,7-10H2,1-4H3. The van der Waals surface area contributed by atoms with Gasteiger partial charge in [0.15, 0.2) is 0 Å². The lowest BCUT2D eigenvalue weighted by Crippen LogP contribution is -2.41. The second kappa shape index (κ2) is 6.56. The molecule has 2 fully saturated rings. The zero-order valence-electron chi connectivity index (χ0n) is 15.1. The number of nitrogens with zero attached hydrogens (tertiary/aromatic N) is 1. The van der Waals surface area contributed by atoms with Crippen LogP contribution in [0.25, 0.3) is 0 Å². The van der Waals surface area contributed by atoms with Crippen molar-refractivity contribution in [1.29, 1.82) is 0 Å². The number of carbonyl (C=O) groups is 1. The number of hydrogen-bond donors (Lipinski definition) is 0. The number of amides is 1.